The predicted molar refractivity (Wildman–Crippen MR) is 52.2 cm³/mol. The Morgan fingerprint density at radius 3 is 2.77 bits per heavy atom. The molecule has 0 radical (unpaired) electrons. The van der Waals surface area contributed by atoms with Gasteiger partial charge in [0.25, 0.3) is 0 Å². The Hall–Kier alpha value is 0.130. The molecule has 1 heterocycles. The van der Waals surface area contributed by atoms with Crippen molar-refractivity contribution in [2.45, 2.75) is 12.2 Å². The van der Waals surface area contributed by atoms with Gasteiger partial charge in [-0.3, -0.25) is 0 Å². The normalized spacial score (nSPS) is 23.1. The predicted octanol–water partition coefficient (Wildman–Crippen LogP) is -0.836. The molecule has 0 bridgehead atoms. The van der Waals surface area contributed by atoms with Gasteiger partial charge in [0.15, 0.2) is 0 Å². The molecular weight excluding hydrogens is 192 g/mol. The van der Waals surface area contributed by atoms with Crippen molar-refractivity contribution in [3.63, 3.8) is 0 Å². The molecule has 1 fully saturated rings. The van der Waals surface area contributed by atoms with E-state index in [1.807, 2.05) is 0 Å². The lowest BCUT2D eigenvalue weighted by Gasteiger charge is -2.08. The zero-order valence-electron chi connectivity index (χ0n) is 7.63. The van der Waals surface area contributed by atoms with Gasteiger partial charge < -0.3 is 20.5 Å². The van der Waals surface area contributed by atoms with E-state index < -0.39 is 6.10 Å². The van der Waals surface area contributed by atoms with Gasteiger partial charge in [-0.1, -0.05) is 0 Å². The van der Waals surface area contributed by atoms with E-state index in [1.165, 1.54) is 0 Å². The van der Waals surface area contributed by atoms with Crippen LogP contribution in [0.15, 0.2) is 0 Å². The van der Waals surface area contributed by atoms with Crippen molar-refractivity contribution in [2.24, 2.45) is 0 Å². The molecule has 3 N–H and O–H groups in total. The molecule has 0 amide bonds. The largest absolute Gasteiger partial charge is 0.391 e. The van der Waals surface area contributed by atoms with Crippen LogP contribution in [0, 0.1) is 0 Å². The van der Waals surface area contributed by atoms with Gasteiger partial charge in [-0.05, 0) is 0 Å². The van der Waals surface area contributed by atoms with E-state index in [9.17, 15) is 0 Å². The number of halogens is 1. The summed E-state index contributed by atoms with van der Waals surface area (Å²) >= 11 is 5.42. The molecule has 2 atom stereocenters. The van der Waals surface area contributed by atoms with Crippen molar-refractivity contribution in [3.8, 4) is 0 Å². The smallest absolute Gasteiger partial charge is 0.0933 e. The molecule has 1 aliphatic rings. The van der Waals surface area contributed by atoms with Gasteiger partial charge in [-0.15, -0.1) is 11.6 Å². The van der Waals surface area contributed by atoms with Crippen molar-refractivity contribution in [1.29, 1.82) is 0 Å². The number of hydrogen-bond donors (Lipinski definition) is 3. The van der Waals surface area contributed by atoms with Gasteiger partial charge in [0.1, 0.15) is 0 Å². The third-order valence-electron chi connectivity index (χ3n) is 1.81. The molecule has 0 aromatic rings. The molecule has 2 unspecified atom stereocenters. The van der Waals surface area contributed by atoms with Crippen molar-refractivity contribution >= 4 is 11.6 Å². The Bertz CT molecular complexity index is 133. The summed E-state index contributed by atoms with van der Waals surface area (Å²) in [4.78, 5) is 0. The fourth-order valence-electron chi connectivity index (χ4n) is 0.949. The maximum atomic E-state index is 9.08. The highest BCUT2D eigenvalue weighted by Gasteiger charge is 2.20. The van der Waals surface area contributed by atoms with Gasteiger partial charge >= 0.3 is 0 Å². The molecule has 4 nitrogen and oxygen atoms in total. The summed E-state index contributed by atoms with van der Waals surface area (Å²) in [7, 11) is 0. The number of rotatable bonds is 8. The van der Waals surface area contributed by atoms with Crippen LogP contribution in [0.3, 0.4) is 0 Å². The second-order valence-corrected chi connectivity index (χ2v) is 3.48. The zero-order valence-corrected chi connectivity index (χ0v) is 8.39. The molecule has 0 aliphatic carbocycles. The van der Waals surface area contributed by atoms with E-state index in [2.05, 4.69) is 10.6 Å². The second-order valence-electron chi connectivity index (χ2n) is 3.17. The van der Waals surface area contributed by atoms with E-state index in [1.54, 1.807) is 0 Å². The van der Waals surface area contributed by atoms with Gasteiger partial charge in [0.2, 0.25) is 0 Å². The summed E-state index contributed by atoms with van der Waals surface area (Å²) in [6.07, 6.45) is 0.00173. The highest BCUT2D eigenvalue weighted by Crippen LogP contribution is 2.05. The highest BCUT2D eigenvalue weighted by molar-refractivity contribution is 6.18. The van der Waals surface area contributed by atoms with Crippen LogP contribution in [-0.2, 0) is 4.74 Å². The lowest BCUT2D eigenvalue weighted by molar-refractivity contribution is 0.194. The Morgan fingerprint density at radius 2 is 2.15 bits per heavy atom. The number of ether oxygens (including phenoxy) is 1. The molecular formula is C8H17ClN2O2. The summed E-state index contributed by atoms with van der Waals surface area (Å²) < 4.78 is 5.03. The standard InChI is InChI=1S/C8H17ClN2O2/c9-3-7(12)4-10-1-2-11-5-8-6-13-8/h7-8,10-12H,1-6H2. The molecule has 0 aromatic carbocycles. The molecule has 0 aromatic heterocycles. The Balaban J connectivity index is 1.72. The number of aliphatic hydroxyl groups excluding tert-OH is 1. The van der Waals surface area contributed by atoms with Crippen LogP contribution in [0.1, 0.15) is 0 Å². The first-order chi connectivity index (χ1) is 6.33. The Morgan fingerprint density at radius 1 is 1.46 bits per heavy atom. The average molecular weight is 209 g/mol. The van der Waals surface area contributed by atoms with Crippen LogP contribution in [0.5, 0.6) is 0 Å². The van der Waals surface area contributed by atoms with Crippen LogP contribution in [0.4, 0.5) is 0 Å². The van der Waals surface area contributed by atoms with Crippen molar-refractivity contribution in [2.75, 3.05) is 38.7 Å². The zero-order chi connectivity index (χ0) is 9.52. The van der Waals surface area contributed by atoms with E-state index in [4.69, 9.17) is 21.4 Å². The molecule has 0 saturated carbocycles. The third kappa shape index (κ3) is 6.23. The minimum atomic E-state index is -0.437. The average Bonchev–Trinajstić information content (AvgIpc) is 2.94. The Labute approximate surface area is 83.6 Å². The van der Waals surface area contributed by atoms with Gasteiger partial charge in [-0.2, -0.15) is 0 Å². The summed E-state index contributed by atoms with van der Waals surface area (Å²) in [5.41, 5.74) is 0. The van der Waals surface area contributed by atoms with Gasteiger partial charge in [0.05, 0.1) is 18.8 Å². The summed E-state index contributed by atoms with van der Waals surface area (Å²) in [6.45, 7) is 4.13. The van der Waals surface area contributed by atoms with Crippen molar-refractivity contribution in [1.82, 2.24) is 10.6 Å². The summed E-state index contributed by atoms with van der Waals surface area (Å²) in [5.74, 6) is 0.288. The van der Waals surface area contributed by atoms with Crippen LogP contribution < -0.4 is 10.6 Å². The van der Waals surface area contributed by atoms with Crippen LogP contribution in [0.2, 0.25) is 0 Å². The van der Waals surface area contributed by atoms with Gasteiger partial charge in [0, 0.05) is 32.1 Å². The lowest BCUT2D eigenvalue weighted by Crippen LogP contribution is -2.34. The maximum Gasteiger partial charge on any atom is 0.0933 e. The lowest BCUT2D eigenvalue weighted by atomic mass is 10.4. The van der Waals surface area contributed by atoms with E-state index in [0.29, 0.717) is 12.6 Å². The quantitative estimate of drug-likeness (QED) is 0.277. The second kappa shape index (κ2) is 6.56. The molecule has 1 aliphatic heterocycles. The number of epoxide rings is 1. The topological polar surface area (TPSA) is 56.8 Å². The molecule has 1 rings (SSSR count). The monoisotopic (exact) mass is 208 g/mol. The minimum Gasteiger partial charge on any atom is -0.391 e. The maximum absolute atomic E-state index is 9.08. The first-order valence-electron chi connectivity index (χ1n) is 4.60. The first-order valence-corrected chi connectivity index (χ1v) is 5.13. The van der Waals surface area contributed by atoms with Crippen LogP contribution in [0.25, 0.3) is 0 Å². The molecule has 0 spiro atoms. The number of aliphatic hydroxyl groups is 1. The fraction of sp³-hybridized carbons (Fsp3) is 1.00. The van der Waals surface area contributed by atoms with Crippen LogP contribution in [-0.4, -0.2) is 56.0 Å². The van der Waals surface area contributed by atoms with E-state index >= 15 is 0 Å². The summed E-state index contributed by atoms with van der Waals surface area (Å²) in [5, 5.41) is 15.4. The molecule has 78 valence electrons. The SMILES string of the molecule is OC(CCl)CNCCNCC1CO1. The molecule has 1 saturated heterocycles. The van der Waals surface area contributed by atoms with Crippen molar-refractivity contribution < 1.29 is 9.84 Å². The molecule has 13 heavy (non-hydrogen) atoms. The van der Waals surface area contributed by atoms with Crippen molar-refractivity contribution in [3.05, 3.63) is 0 Å². The number of hydrogen-bond acceptors (Lipinski definition) is 4. The summed E-state index contributed by atoms with van der Waals surface area (Å²) in [6, 6.07) is 0. The molecule has 5 heteroatoms. The van der Waals surface area contributed by atoms with E-state index in [0.717, 1.165) is 26.2 Å². The first kappa shape index (κ1) is 11.2. The van der Waals surface area contributed by atoms with E-state index in [-0.39, 0.29) is 5.88 Å². The fourth-order valence-corrected chi connectivity index (χ4v) is 1.06. The van der Waals surface area contributed by atoms with Crippen LogP contribution >= 0.6 is 11.6 Å². The third-order valence-corrected chi connectivity index (χ3v) is 2.17. The number of nitrogens with one attached hydrogen (secondary N) is 2. The van der Waals surface area contributed by atoms with Gasteiger partial charge in [-0.25, -0.2) is 0 Å². The number of alkyl halides is 1. The highest BCUT2D eigenvalue weighted by atomic mass is 35.5. The Kier molecular flexibility index (Phi) is 5.66. The minimum absolute atomic E-state index is 0.288.